The first-order chi connectivity index (χ1) is 10.2. The van der Waals surface area contributed by atoms with Crippen LogP contribution in [-0.4, -0.2) is 41.9 Å². The summed E-state index contributed by atoms with van der Waals surface area (Å²) in [6, 6.07) is 0. The third-order valence-electron chi connectivity index (χ3n) is 4.55. The number of thioether (sulfide) groups is 2. The number of hydrogen-bond donors (Lipinski definition) is 0. The predicted octanol–water partition coefficient (Wildman–Crippen LogP) is 4.10. The van der Waals surface area contributed by atoms with E-state index in [2.05, 4.69) is 0 Å². The number of ketones is 1. The van der Waals surface area contributed by atoms with Crippen molar-refractivity contribution in [2.24, 2.45) is 5.92 Å². The van der Waals surface area contributed by atoms with E-state index in [0.29, 0.717) is 11.7 Å². The molecule has 0 radical (unpaired) electrons. The number of carbonyl (C=O) groups excluding carboxylic acids is 1. The van der Waals surface area contributed by atoms with Gasteiger partial charge in [0.25, 0.3) is 0 Å². The monoisotopic (exact) mass is 332 g/mol. The van der Waals surface area contributed by atoms with Crippen LogP contribution in [0.25, 0.3) is 0 Å². The van der Waals surface area contributed by atoms with Crippen LogP contribution in [0.3, 0.4) is 0 Å². The zero-order valence-electron chi connectivity index (χ0n) is 13.3. The SMILES string of the molecule is COC(CCC1(C(=O)C2CCCCC2)SCCCS1)OC. The Morgan fingerprint density at radius 3 is 2.29 bits per heavy atom. The highest BCUT2D eigenvalue weighted by molar-refractivity contribution is 8.19. The van der Waals surface area contributed by atoms with Crippen LogP contribution in [-0.2, 0) is 14.3 Å². The largest absolute Gasteiger partial charge is 0.356 e. The lowest BCUT2D eigenvalue weighted by Crippen LogP contribution is -2.41. The first kappa shape index (κ1) is 17.6. The van der Waals surface area contributed by atoms with Crippen molar-refractivity contribution in [1.29, 1.82) is 0 Å². The van der Waals surface area contributed by atoms with Crippen LogP contribution >= 0.6 is 23.5 Å². The summed E-state index contributed by atoms with van der Waals surface area (Å²) in [6.07, 6.45) is 8.62. The van der Waals surface area contributed by atoms with E-state index in [1.54, 1.807) is 14.2 Å². The molecule has 0 bridgehead atoms. The molecule has 3 nitrogen and oxygen atoms in total. The van der Waals surface area contributed by atoms with E-state index in [-0.39, 0.29) is 10.4 Å². The van der Waals surface area contributed by atoms with Crippen molar-refractivity contribution in [1.82, 2.24) is 0 Å². The molecule has 0 aromatic rings. The topological polar surface area (TPSA) is 35.5 Å². The van der Waals surface area contributed by atoms with E-state index in [0.717, 1.165) is 37.2 Å². The summed E-state index contributed by atoms with van der Waals surface area (Å²) in [6.45, 7) is 0. The molecule has 1 saturated heterocycles. The summed E-state index contributed by atoms with van der Waals surface area (Å²) in [4.78, 5) is 13.1. The molecule has 0 spiro atoms. The van der Waals surface area contributed by atoms with Gasteiger partial charge in [0.15, 0.2) is 12.1 Å². The molecule has 21 heavy (non-hydrogen) atoms. The molecule has 5 heteroatoms. The van der Waals surface area contributed by atoms with Gasteiger partial charge in [-0.25, -0.2) is 0 Å². The second kappa shape index (κ2) is 8.80. The molecular weight excluding hydrogens is 304 g/mol. The Morgan fingerprint density at radius 1 is 1.10 bits per heavy atom. The number of carbonyl (C=O) groups is 1. The Balaban J connectivity index is 2.02. The summed E-state index contributed by atoms with van der Waals surface area (Å²) in [5.74, 6) is 3.01. The Labute approximate surface area is 137 Å². The van der Waals surface area contributed by atoms with Gasteiger partial charge in [0.05, 0.1) is 0 Å². The van der Waals surface area contributed by atoms with E-state index in [1.807, 2.05) is 23.5 Å². The van der Waals surface area contributed by atoms with Crippen LogP contribution in [0.15, 0.2) is 0 Å². The van der Waals surface area contributed by atoms with Gasteiger partial charge in [-0.2, -0.15) is 0 Å². The van der Waals surface area contributed by atoms with Gasteiger partial charge >= 0.3 is 0 Å². The van der Waals surface area contributed by atoms with Crippen LogP contribution in [0.2, 0.25) is 0 Å². The lowest BCUT2D eigenvalue weighted by Gasteiger charge is -2.38. The molecule has 0 unspecified atom stereocenters. The smallest absolute Gasteiger partial charge is 0.161 e. The summed E-state index contributed by atoms with van der Waals surface area (Å²) in [7, 11) is 3.34. The Kier molecular flexibility index (Phi) is 7.39. The molecule has 1 aliphatic carbocycles. The van der Waals surface area contributed by atoms with Crippen molar-refractivity contribution < 1.29 is 14.3 Å². The third-order valence-corrected chi connectivity index (χ3v) is 7.98. The maximum atomic E-state index is 13.1. The second-order valence-electron chi connectivity index (χ2n) is 5.94. The Morgan fingerprint density at radius 2 is 1.71 bits per heavy atom. The van der Waals surface area contributed by atoms with Crippen molar-refractivity contribution in [3.8, 4) is 0 Å². The van der Waals surface area contributed by atoms with E-state index in [1.165, 1.54) is 25.7 Å². The molecule has 2 rings (SSSR count). The van der Waals surface area contributed by atoms with Crippen molar-refractivity contribution in [2.45, 2.75) is 61.7 Å². The lowest BCUT2D eigenvalue weighted by atomic mass is 9.84. The number of methoxy groups -OCH3 is 2. The van der Waals surface area contributed by atoms with Gasteiger partial charge in [-0.3, -0.25) is 4.79 Å². The first-order valence-corrected chi connectivity index (χ1v) is 10.1. The third kappa shape index (κ3) is 4.63. The predicted molar refractivity (Wildman–Crippen MR) is 90.9 cm³/mol. The maximum Gasteiger partial charge on any atom is 0.161 e. The minimum Gasteiger partial charge on any atom is -0.356 e. The van der Waals surface area contributed by atoms with Crippen LogP contribution < -0.4 is 0 Å². The molecule has 0 N–H and O–H groups in total. The number of hydrogen-bond acceptors (Lipinski definition) is 5. The fourth-order valence-corrected chi connectivity index (χ4v) is 6.70. The zero-order chi connectivity index (χ0) is 15.1. The average Bonchev–Trinajstić information content (AvgIpc) is 2.57. The van der Waals surface area contributed by atoms with E-state index in [4.69, 9.17) is 9.47 Å². The van der Waals surface area contributed by atoms with Gasteiger partial charge in [-0.1, -0.05) is 19.3 Å². The zero-order valence-corrected chi connectivity index (χ0v) is 14.9. The van der Waals surface area contributed by atoms with Gasteiger partial charge in [0.1, 0.15) is 4.08 Å². The van der Waals surface area contributed by atoms with Crippen LogP contribution in [0.4, 0.5) is 0 Å². The summed E-state index contributed by atoms with van der Waals surface area (Å²) in [5, 5.41) is 0. The molecule has 2 fully saturated rings. The highest BCUT2D eigenvalue weighted by Gasteiger charge is 2.44. The van der Waals surface area contributed by atoms with Crippen LogP contribution in [0, 0.1) is 5.92 Å². The Bertz CT molecular complexity index is 319. The molecule has 2 aliphatic rings. The molecule has 0 aromatic carbocycles. The van der Waals surface area contributed by atoms with Crippen molar-refractivity contribution in [3.63, 3.8) is 0 Å². The quantitative estimate of drug-likeness (QED) is 0.656. The van der Waals surface area contributed by atoms with Crippen LogP contribution in [0.1, 0.15) is 51.4 Å². The molecule has 1 aliphatic heterocycles. The van der Waals surface area contributed by atoms with Crippen LogP contribution in [0.5, 0.6) is 0 Å². The van der Waals surface area contributed by atoms with Crippen molar-refractivity contribution >= 4 is 29.3 Å². The Hall–Kier alpha value is 0.290. The molecule has 0 amide bonds. The normalized spacial score (nSPS) is 23.4. The van der Waals surface area contributed by atoms with Gasteiger partial charge in [-0.15, -0.1) is 23.5 Å². The van der Waals surface area contributed by atoms with Gasteiger partial charge in [-0.05, 0) is 37.2 Å². The second-order valence-corrected chi connectivity index (χ2v) is 8.99. The molecule has 1 heterocycles. The van der Waals surface area contributed by atoms with E-state index >= 15 is 0 Å². The van der Waals surface area contributed by atoms with Gasteiger partial charge in [0, 0.05) is 26.6 Å². The van der Waals surface area contributed by atoms with E-state index in [9.17, 15) is 4.79 Å². The lowest BCUT2D eigenvalue weighted by molar-refractivity contribution is -0.126. The summed E-state index contributed by atoms with van der Waals surface area (Å²) >= 11 is 3.76. The molecule has 122 valence electrons. The highest BCUT2D eigenvalue weighted by Crippen LogP contribution is 2.49. The highest BCUT2D eigenvalue weighted by atomic mass is 32.2. The maximum absolute atomic E-state index is 13.1. The molecular formula is C16H28O3S2. The van der Waals surface area contributed by atoms with Gasteiger partial charge < -0.3 is 9.47 Å². The minimum absolute atomic E-state index is 0.191. The fourth-order valence-electron chi connectivity index (χ4n) is 3.30. The number of rotatable bonds is 7. The number of ether oxygens (including phenoxy) is 2. The fraction of sp³-hybridized carbons (Fsp3) is 0.938. The van der Waals surface area contributed by atoms with Crippen molar-refractivity contribution in [2.75, 3.05) is 25.7 Å². The summed E-state index contributed by atoms with van der Waals surface area (Å²) in [5.41, 5.74) is 0. The summed E-state index contributed by atoms with van der Waals surface area (Å²) < 4.78 is 10.4. The average molecular weight is 333 g/mol. The van der Waals surface area contributed by atoms with Crippen molar-refractivity contribution in [3.05, 3.63) is 0 Å². The first-order valence-electron chi connectivity index (χ1n) is 8.09. The standard InChI is InChI=1S/C16H28O3S2/c1-18-14(19-2)9-10-16(20-11-6-12-21-16)15(17)13-7-4-3-5-8-13/h13-14H,3-12H2,1-2H3. The molecule has 0 aromatic heterocycles. The number of Topliss-reactive ketones (excluding diaryl/α,β-unsaturated/α-hetero) is 1. The van der Waals surface area contributed by atoms with Gasteiger partial charge in [0.2, 0.25) is 0 Å². The molecule has 0 atom stereocenters. The minimum atomic E-state index is -0.241. The molecule has 1 saturated carbocycles. The van der Waals surface area contributed by atoms with E-state index < -0.39 is 0 Å².